The minimum atomic E-state index is 0.583. The normalized spacial score (nSPS) is 11.0. The number of nitrogens with one attached hydrogen (secondary N) is 2. The Kier molecular flexibility index (Phi) is 4.27. The average Bonchev–Trinajstić information content (AvgIpc) is 2.95. The summed E-state index contributed by atoms with van der Waals surface area (Å²) in [6.07, 6.45) is 1.97. The van der Waals surface area contributed by atoms with Gasteiger partial charge in [-0.05, 0) is 35.2 Å². The van der Waals surface area contributed by atoms with Crippen molar-refractivity contribution in [3.05, 3.63) is 64.3 Å². The zero-order chi connectivity index (χ0) is 14.7. The molecule has 2 N–H and O–H groups in total. The van der Waals surface area contributed by atoms with Crippen molar-refractivity contribution in [2.75, 3.05) is 12.4 Å². The van der Waals surface area contributed by atoms with Crippen LogP contribution in [0.2, 0.25) is 0 Å². The van der Waals surface area contributed by atoms with Gasteiger partial charge in [-0.2, -0.15) is 0 Å². The minimum absolute atomic E-state index is 0.583. The first-order chi connectivity index (χ1) is 10.3. The van der Waals surface area contributed by atoms with Gasteiger partial charge in [0.1, 0.15) is 0 Å². The summed E-state index contributed by atoms with van der Waals surface area (Å²) in [6.45, 7) is 1.36. The highest BCUT2D eigenvalue weighted by atomic mass is 79.9. The van der Waals surface area contributed by atoms with E-state index in [-0.39, 0.29) is 0 Å². The van der Waals surface area contributed by atoms with Crippen LogP contribution in [-0.2, 0) is 17.9 Å². The maximum Gasteiger partial charge on any atom is 0.0744 e. The van der Waals surface area contributed by atoms with Gasteiger partial charge in [-0.15, -0.1) is 0 Å². The second-order valence-electron chi connectivity index (χ2n) is 4.95. The van der Waals surface area contributed by atoms with E-state index < -0.39 is 0 Å². The smallest absolute Gasteiger partial charge is 0.0744 e. The van der Waals surface area contributed by atoms with E-state index in [2.05, 4.69) is 56.6 Å². The predicted molar refractivity (Wildman–Crippen MR) is 90.5 cm³/mol. The molecule has 108 valence electrons. The first kappa shape index (κ1) is 14.2. The second kappa shape index (κ2) is 6.33. The van der Waals surface area contributed by atoms with Crippen molar-refractivity contribution in [1.82, 2.24) is 4.98 Å². The quantitative estimate of drug-likeness (QED) is 0.704. The number of anilines is 1. The van der Waals surface area contributed by atoms with Crippen LogP contribution in [0.5, 0.6) is 0 Å². The van der Waals surface area contributed by atoms with Gasteiger partial charge in [0, 0.05) is 41.1 Å². The molecule has 3 aromatic rings. The summed E-state index contributed by atoms with van der Waals surface area (Å²) in [4.78, 5) is 3.24. The molecular formula is C17H17BrN2O. The third-order valence-electron chi connectivity index (χ3n) is 3.51. The Morgan fingerprint density at radius 2 is 2.10 bits per heavy atom. The van der Waals surface area contributed by atoms with E-state index in [9.17, 15) is 0 Å². The monoisotopic (exact) mass is 344 g/mol. The van der Waals surface area contributed by atoms with Crippen molar-refractivity contribution >= 4 is 32.5 Å². The minimum Gasteiger partial charge on any atom is -0.381 e. The number of halogens is 1. The molecule has 1 heterocycles. The van der Waals surface area contributed by atoms with Crippen molar-refractivity contribution in [3.63, 3.8) is 0 Å². The molecule has 2 aromatic carbocycles. The Hall–Kier alpha value is -1.78. The van der Waals surface area contributed by atoms with Gasteiger partial charge in [0.05, 0.1) is 6.61 Å². The molecule has 21 heavy (non-hydrogen) atoms. The molecule has 0 aliphatic carbocycles. The lowest BCUT2D eigenvalue weighted by Gasteiger charge is -2.13. The summed E-state index contributed by atoms with van der Waals surface area (Å²) < 4.78 is 6.34. The molecule has 3 nitrogen and oxygen atoms in total. The van der Waals surface area contributed by atoms with Crippen LogP contribution in [0, 0.1) is 0 Å². The van der Waals surface area contributed by atoms with Crippen LogP contribution in [0.3, 0.4) is 0 Å². The number of H-pyrrole nitrogens is 1. The molecule has 0 aliphatic rings. The molecule has 3 rings (SSSR count). The maximum absolute atomic E-state index is 5.27. The predicted octanol–water partition coefficient (Wildman–Crippen LogP) is 4.69. The Morgan fingerprint density at radius 3 is 2.95 bits per heavy atom. The third kappa shape index (κ3) is 3.12. The highest BCUT2D eigenvalue weighted by molar-refractivity contribution is 9.10. The van der Waals surface area contributed by atoms with E-state index in [4.69, 9.17) is 4.74 Å². The molecule has 0 aliphatic heterocycles. The van der Waals surface area contributed by atoms with E-state index in [0.717, 1.165) is 22.3 Å². The lowest BCUT2D eigenvalue weighted by Crippen LogP contribution is -2.03. The van der Waals surface area contributed by atoms with Gasteiger partial charge in [0.15, 0.2) is 0 Å². The van der Waals surface area contributed by atoms with Crippen LogP contribution in [0.15, 0.2) is 53.1 Å². The molecule has 0 amide bonds. The van der Waals surface area contributed by atoms with Gasteiger partial charge in [-0.25, -0.2) is 0 Å². The number of fused-ring (bicyclic) bond motifs is 1. The van der Waals surface area contributed by atoms with Gasteiger partial charge >= 0.3 is 0 Å². The fourth-order valence-corrected chi connectivity index (χ4v) is 2.90. The van der Waals surface area contributed by atoms with Gasteiger partial charge in [0.25, 0.3) is 0 Å². The number of ether oxygens (including phenoxy) is 1. The van der Waals surface area contributed by atoms with Crippen LogP contribution in [-0.4, -0.2) is 12.1 Å². The topological polar surface area (TPSA) is 37.0 Å². The van der Waals surface area contributed by atoms with E-state index in [0.29, 0.717) is 6.61 Å². The maximum atomic E-state index is 5.27. The fourth-order valence-electron chi connectivity index (χ4n) is 2.42. The Bertz CT molecular complexity index is 751. The average molecular weight is 345 g/mol. The molecule has 0 bridgehead atoms. The molecule has 0 atom stereocenters. The van der Waals surface area contributed by atoms with Crippen molar-refractivity contribution < 1.29 is 4.74 Å². The van der Waals surface area contributed by atoms with Crippen LogP contribution in [0.25, 0.3) is 10.9 Å². The van der Waals surface area contributed by atoms with Crippen molar-refractivity contribution in [2.24, 2.45) is 0 Å². The summed E-state index contributed by atoms with van der Waals surface area (Å²) in [5.41, 5.74) is 4.65. The van der Waals surface area contributed by atoms with Crippen molar-refractivity contribution in [3.8, 4) is 0 Å². The third-order valence-corrected chi connectivity index (χ3v) is 4.25. The molecule has 0 saturated carbocycles. The molecule has 0 unspecified atom stereocenters. The van der Waals surface area contributed by atoms with Gasteiger partial charge in [-0.3, -0.25) is 0 Å². The van der Waals surface area contributed by atoms with Gasteiger partial charge < -0.3 is 15.0 Å². The molecule has 0 spiro atoms. The summed E-state index contributed by atoms with van der Waals surface area (Å²) in [6, 6.07) is 14.7. The largest absolute Gasteiger partial charge is 0.381 e. The van der Waals surface area contributed by atoms with Crippen molar-refractivity contribution in [1.29, 1.82) is 0 Å². The Balaban J connectivity index is 1.79. The first-order valence-electron chi connectivity index (χ1n) is 6.84. The van der Waals surface area contributed by atoms with Crippen LogP contribution in [0.1, 0.15) is 11.1 Å². The second-order valence-corrected chi connectivity index (χ2v) is 5.81. The summed E-state index contributed by atoms with van der Waals surface area (Å²) in [5, 5.41) is 4.73. The fraction of sp³-hybridized carbons (Fsp3) is 0.176. The first-order valence-corrected chi connectivity index (χ1v) is 7.63. The highest BCUT2D eigenvalue weighted by Gasteiger charge is 2.06. The molecule has 0 radical (unpaired) electrons. The van der Waals surface area contributed by atoms with E-state index in [1.807, 2.05) is 18.3 Å². The van der Waals surface area contributed by atoms with E-state index in [1.165, 1.54) is 16.5 Å². The molecule has 1 aromatic heterocycles. The summed E-state index contributed by atoms with van der Waals surface area (Å²) >= 11 is 3.58. The number of rotatable bonds is 5. The lowest BCUT2D eigenvalue weighted by atomic mass is 10.1. The Morgan fingerprint density at radius 1 is 1.19 bits per heavy atom. The summed E-state index contributed by atoms with van der Waals surface area (Å²) in [5.74, 6) is 0. The lowest BCUT2D eigenvalue weighted by molar-refractivity contribution is 0.185. The van der Waals surface area contributed by atoms with Crippen LogP contribution in [0.4, 0.5) is 5.69 Å². The number of aromatic amines is 1. The molecule has 0 saturated heterocycles. The SMILES string of the molecule is COCc1c(Br)cccc1NCc1ccc2cc[nH]c2c1. The number of hydrogen-bond acceptors (Lipinski definition) is 2. The van der Waals surface area contributed by atoms with Gasteiger partial charge in [-0.1, -0.05) is 34.1 Å². The molecule has 4 heteroatoms. The van der Waals surface area contributed by atoms with Crippen LogP contribution < -0.4 is 5.32 Å². The number of hydrogen-bond donors (Lipinski definition) is 2. The number of benzene rings is 2. The zero-order valence-electron chi connectivity index (χ0n) is 11.8. The van der Waals surface area contributed by atoms with E-state index in [1.54, 1.807) is 7.11 Å². The molecule has 0 fully saturated rings. The van der Waals surface area contributed by atoms with Gasteiger partial charge in [0.2, 0.25) is 0 Å². The van der Waals surface area contributed by atoms with E-state index >= 15 is 0 Å². The standard InChI is InChI=1S/C17H17BrN2O/c1-21-11-14-15(18)3-2-4-16(14)20-10-12-5-6-13-7-8-19-17(13)9-12/h2-9,19-20H,10-11H2,1H3. The Labute approximate surface area is 132 Å². The van der Waals surface area contributed by atoms with Crippen molar-refractivity contribution in [2.45, 2.75) is 13.2 Å². The van der Waals surface area contributed by atoms with Crippen LogP contribution >= 0.6 is 15.9 Å². The highest BCUT2D eigenvalue weighted by Crippen LogP contribution is 2.26. The molecular weight excluding hydrogens is 328 g/mol. The summed E-state index contributed by atoms with van der Waals surface area (Å²) in [7, 11) is 1.71. The number of methoxy groups -OCH3 is 1. The zero-order valence-corrected chi connectivity index (χ0v) is 13.4. The number of aromatic nitrogens is 1.